The highest BCUT2D eigenvalue weighted by Crippen LogP contribution is 2.07. The molecule has 96 valence electrons. The molecule has 0 unspecified atom stereocenters. The molecule has 0 atom stereocenters. The molecule has 0 aromatic carbocycles. The van der Waals surface area contributed by atoms with Crippen molar-refractivity contribution in [3.05, 3.63) is 0 Å². The van der Waals surface area contributed by atoms with Crippen LogP contribution in [-0.2, 0) is 10.0 Å². The van der Waals surface area contributed by atoms with Gasteiger partial charge in [-0.05, 0) is 6.42 Å². The number of thioether (sulfide) groups is 1. The maximum absolute atomic E-state index is 11.4. The van der Waals surface area contributed by atoms with Crippen molar-refractivity contribution in [1.82, 2.24) is 9.62 Å². The van der Waals surface area contributed by atoms with Gasteiger partial charge in [0.15, 0.2) is 0 Å². The summed E-state index contributed by atoms with van der Waals surface area (Å²) in [5.41, 5.74) is 0. The van der Waals surface area contributed by atoms with Crippen LogP contribution >= 0.6 is 23.4 Å². The molecule has 1 heterocycles. The smallest absolute Gasteiger partial charge is 0.211 e. The van der Waals surface area contributed by atoms with E-state index in [2.05, 4.69) is 9.62 Å². The Hall–Kier alpha value is 0.510. The zero-order valence-corrected chi connectivity index (χ0v) is 11.7. The summed E-state index contributed by atoms with van der Waals surface area (Å²) in [5, 5.41) is 0. The lowest BCUT2D eigenvalue weighted by atomic mass is 10.5. The van der Waals surface area contributed by atoms with Gasteiger partial charge in [0, 0.05) is 43.6 Å². The number of hydrogen-bond acceptors (Lipinski definition) is 4. The molecule has 16 heavy (non-hydrogen) atoms. The molecule has 0 radical (unpaired) electrons. The van der Waals surface area contributed by atoms with E-state index in [0.29, 0.717) is 18.8 Å². The minimum absolute atomic E-state index is 0.131. The zero-order chi connectivity index (χ0) is 11.9. The number of alkyl halides is 1. The van der Waals surface area contributed by atoms with Gasteiger partial charge in [0.1, 0.15) is 0 Å². The Morgan fingerprint density at radius 2 is 2.00 bits per heavy atom. The van der Waals surface area contributed by atoms with E-state index >= 15 is 0 Å². The Labute approximate surface area is 107 Å². The molecule has 0 aliphatic carbocycles. The standard InChI is InChI=1S/C9H19ClN2O2S2/c10-2-1-9-16(13,14)11-3-4-12-5-7-15-8-6-12/h11H,1-9H2. The second-order valence-electron chi connectivity index (χ2n) is 3.71. The highest BCUT2D eigenvalue weighted by Gasteiger charge is 2.12. The summed E-state index contributed by atoms with van der Waals surface area (Å²) < 4.78 is 25.5. The third-order valence-corrected chi connectivity index (χ3v) is 5.08. The number of nitrogens with one attached hydrogen (secondary N) is 1. The van der Waals surface area contributed by atoms with Crippen LogP contribution < -0.4 is 4.72 Å². The van der Waals surface area contributed by atoms with E-state index in [4.69, 9.17) is 11.6 Å². The molecule has 0 aromatic rings. The van der Waals surface area contributed by atoms with E-state index in [-0.39, 0.29) is 5.75 Å². The molecule has 1 rings (SSSR count). The van der Waals surface area contributed by atoms with E-state index in [0.717, 1.165) is 31.1 Å². The van der Waals surface area contributed by atoms with Gasteiger partial charge in [-0.25, -0.2) is 13.1 Å². The average molecular weight is 287 g/mol. The predicted molar refractivity (Wildman–Crippen MR) is 70.9 cm³/mol. The molecule has 1 aliphatic rings. The molecule has 4 nitrogen and oxygen atoms in total. The Morgan fingerprint density at radius 1 is 1.31 bits per heavy atom. The van der Waals surface area contributed by atoms with Crippen LogP contribution in [0.15, 0.2) is 0 Å². The number of rotatable bonds is 7. The fourth-order valence-corrected chi connectivity index (χ4v) is 3.84. The predicted octanol–water partition coefficient (Wildman–Crippen LogP) is 0.584. The van der Waals surface area contributed by atoms with Crippen LogP contribution in [-0.4, -0.2) is 62.6 Å². The van der Waals surface area contributed by atoms with Crippen molar-refractivity contribution in [2.45, 2.75) is 6.42 Å². The molecule has 1 aliphatic heterocycles. The Balaban J connectivity index is 2.13. The molecule has 1 N–H and O–H groups in total. The third-order valence-electron chi connectivity index (χ3n) is 2.40. The minimum Gasteiger partial charge on any atom is -0.300 e. The lowest BCUT2D eigenvalue weighted by molar-refractivity contribution is 0.307. The van der Waals surface area contributed by atoms with Gasteiger partial charge >= 0.3 is 0 Å². The van der Waals surface area contributed by atoms with Crippen molar-refractivity contribution in [3.8, 4) is 0 Å². The first kappa shape index (κ1) is 14.6. The minimum atomic E-state index is -3.11. The monoisotopic (exact) mass is 286 g/mol. The highest BCUT2D eigenvalue weighted by atomic mass is 35.5. The summed E-state index contributed by atoms with van der Waals surface area (Å²) in [6.07, 6.45) is 0.511. The van der Waals surface area contributed by atoms with Crippen LogP contribution in [0.4, 0.5) is 0 Å². The van der Waals surface area contributed by atoms with Crippen LogP contribution in [0, 0.1) is 0 Å². The molecule has 0 aromatic heterocycles. The quantitative estimate of drug-likeness (QED) is 0.696. The molecule has 1 saturated heterocycles. The summed E-state index contributed by atoms with van der Waals surface area (Å²) in [6.45, 7) is 3.44. The second kappa shape index (κ2) is 7.76. The molecular weight excluding hydrogens is 268 g/mol. The van der Waals surface area contributed by atoms with Crippen molar-refractivity contribution in [3.63, 3.8) is 0 Å². The zero-order valence-electron chi connectivity index (χ0n) is 9.32. The SMILES string of the molecule is O=S(=O)(CCCCl)NCCN1CCSCC1. The fraction of sp³-hybridized carbons (Fsp3) is 1.00. The van der Waals surface area contributed by atoms with Gasteiger partial charge < -0.3 is 4.90 Å². The van der Waals surface area contributed by atoms with Gasteiger partial charge in [0.05, 0.1) is 5.75 Å². The largest absolute Gasteiger partial charge is 0.300 e. The summed E-state index contributed by atoms with van der Waals surface area (Å²) in [5.74, 6) is 2.83. The highest BCUT2D eigenvalue weighted by molar-refractivity contribution is 7.99. The molecule has 0 amide bonds. The molecule has 0 spiro atoms. The van der Waals surface area contributed by atoms with Gasteiger partial charge in [-0.2, -0.15) is 11.8 Å². The first-order valence-corrected chi connectivity index (χ1v) is 8.81. The van der Waals surface area contributed by atoms with Crippen LogP contribution in [0.5, 0.6) is 0 Å². The number of nitrogens with zero attached hydrogens (tertiary/aromatic N) is 1. The summed E-state index contributed by atoms with van der Waals surface area (Å²) >= 11 is 7.41. The van der Waals surface area contributed by atoms with E-state index in [1.807, 2.05) is 11.8 Å². The molecule has 0 saturated carbocycles. The van der Waals surface area contributed by atoms with Gasteiger partial charge in [0.2, 0.25) is 10.0 Å². The Kier molecular flexibility index (Phi) is 7.07. The maximum Gasteiger partial charge on any atom is 0.211 e. The van der Waals surface area contributed by atoms with E-state index in [9.17, 15) is 8.42 Å². The topological polar surface area (TPSA) is 49.4 Å². The molecular formula is C9H19ClN2O2S2. The van der Waals surface area contributed by atoms with Gasteiger partial charge in [0.25, 0.3) is 0 Å². The first-order chi connectivity index (χ1) is 7.64. The second-order valence-corrected chi connectivity index (χ2v) is 7.24. The number of halogens is 1. The van der Waals surface area contributed by atoms with E-state index in [1.54, 1.807) is 0 Å². The van der Waals surface area contributed by atoms with Gasteiger partial charge in [-0.1, -0.05) is 0 Å². The van der Waals surface area contributed by atoms with E-state index < -0.39 is 10.0 Å². The van der Waals surface area contributed by atoms with Gasteiger partial charge in [-0.3, -0.25) is 0 Å². The number of hydrogen-bond donors (Lipinski definition) is 1. The summed E-state index contributed by atoms with van der Waals surface area (Å²) in [6, 6.07) is 0. The van der Waals surface area contributed by atoms with E-state index in [1.165, 1.54) is 0 Å². The van der Waals surface area contributed by atoms with Crippen molar-refractivity contribution >= 4 is 33.4 Å². The summed E-state index contributed by atoms with van der Waals surface area (Å²) in [4.78, 5) is 2.29. The van der Waals surface area contributed by atoms with Crippen LogP contribution in [0.2, 0.25) is 0 Å². The summed E-state index contributed by atoms with van der Waals surface area (Å²) in [7, 11) is -3.11. The Bertz CT molecular complexity index is 279. The average Bonchev–Trinajstić information content (AvgIpc) is 2.28. The van der Waals surface area contributed by atoms with Crippen LogP contribution in [0.3, 0.4) is 0 Å². The van der Waals surface area contributed by atoms with Crippen LogP contribution in [0.25, 0.3) is 0 Å². The normalized spacial score (nSPS) is 18.8. The van der Waals surface area contributed by atoms with Gasteiger partial charge in [-0.15, -0.1) is 11.6 Å². The third kappa shape index (κ3) is 6.30. The van der Waals surface area contributed by atoms with Crippen LogP contribution in [0.1, 0.15) is 6.42 Å². The maximum atomic E-state index is 11.4. The lowest BCUT2D eigenvalue weighted by Crippen LogP contribution is -2.39. The molecule has 7 heteroatoms. The van der Waals surface area contributed by atoms with Crippen molar-refractivity contribution < 1.29 is 8.42 Å². The first-order valence-electron chi connectivity index (χ1n) is 5.47. The molecule has 1 fully saturated rings. The van der Waals surface area contributed by atoms with Crippen molar-refractivity contribution in [2.75, 3.05) is 49.3 Å². The Morgan fingerprint density at radius 3 is 2.62 bits per heavy atom. The number of sulfonamides is 1. The lowest BCUT2D eigenvalue weighted by Gasteiger charge is -2.25. The molecule has 0 bridgehead atoms. The van der Waals surface area contributed by atoms with Crippen molar-refractivity contribution in [1.29, 1.82) is 0 Å². The van der Waals surface area contributed by atoms with Crippen molar-refractivity contribution in [2.24, 2.45) is 0 Å². The fourth-order valence-electron chi connectivity index (χ4n) is 1.50.